The minimum atomic E-state index is -0.826. The zero-order valence-corrected chi connectivity index (χ0v) is 11.3. The molecule has 0 fully saturated rings. The minimum Gasteiger partial charge on any atom is -0.481 e. The molecule has 0 bridgehead atoms. The second-order valence-electron chi connectivity index (χ2n) is 4.43. The van der Waals surface area contributed by atoms with E-state index in [1.54, 1.807) is 0 Å². The van der Waals surface area contributed by atoms with E-state index < -0.39 is 5.97 Å². The van der Waals surface area contributed by atoms with Crippen LogP contribution in [0.3, 0.4) is 0 Å². The van der Waals surface area contributed by atoms with Crippen molar-refractivity contribution >= 4 is 17.6 Å². The summed E-state index contributed by atoms with van der Waals surface area (Å²) < 4.78 is 0. The van der Waals surface area contributed by atoms with E-state index in [0.29, 0.717) is 24.2 Å². The molecule has 100 valence electrons. The lowest BCUT2D eigenvalue weighted by Gasteiger charge is -2.23. The molecule has 0 amide bonds. The Balaban J connectivity index is 2.77. The molecule has 0 radical (unpaired) electrons. The molecule has 0 aromatic carbocycles. The molecule has 1 aromatic rings. The fourth-order valence-electron chi connectivity index (χ4n) is 1.39. The van der Waals surface area contributed by atoms with Gasteiger partial charge in [-0.2, -0.15) is 0 Å². The van der Waals surface area contributed by atoms with E-state index in [9.17, 15) is 4.79 Å². The topological polar surface area (TPSA) is 78.3 Å². The highest BCUT2D eigenvalue weighted by molar-refractivity contribution is 5.67. The van der Waals surface area contributed by atoms with Crippen molar-refractivity contribution in [2.75, 3.05) is 23.8 Å². The van der Waals surface area contributed by atoms with Gasteiger partial charge in [-0.3, -0.25) is 4.79 Å². The number of carboxylic acids is 1. The van der Waals surface area contributed by atoms with Crippen molar-refractivity contribution in [2.45, 2.75) is 33.2 Å². The van der Waals surface area contributed by atoms with Crippen LogP contribution >= 0.6 is 0 Å². The van der Waals surface area contributed by atoms with Crippen LogP contribution in [0.15, 0.2) is 6.07 Å². The summed E-state index contributed by atoms with van der Waals surface area (Å²) in [6.45, 7) is 6.33. The Morgan fingerprint density at radius 1 is 1.50 bits per heavy atom. The first-order valence-corrected chi connectivity index (χ1v) is 5.94. The molecule has 1 aromatic heterocycles. The highest BCUT2D eigenvalue weighted by Gasteiger charge is 2.09. The van der Waals surface area contributed by atoms with E-state index in [1.165, 1.54) is 0 Å². The highest BCUT2D eigenvalue weighted by atomic mass is 16.4. The number of hydrogen-bond donors (Lipinski definition) is 2. The standard InChI is InChI=1S/C12H20N4O2/c1-8(2)16(4)11-7-10(14-9(3)15-11)13-6-5-12(17)18/h7-8H,5-6H2,1-4H3,(H,17,18)(H,13,14,15). The molecule has 0 atom stereocenters. The average Bonchev–Trinajstić information content (AvgIpc) is 2.26. The molecule has 6 heteroatoms. The van der Waals surface area contributed by atoms with E-state index in [0.717, 1.165) is 5.82 Å². The molecule has 0 aliphatic heterocycles. The predicted molar refractivity (Wildman–Crippen MR) is 71.1 cm³/mol. The molecule has 0 saturated heterocycles. The monoisotopic (exact) mass is 252 g/mol. The molecule has 2 N–H and O–H groups in total. The van der Waals surface area contributed by atoms with Gasteiger partial charge in [0.1, 0.15) is 17.5 Å². The number of carboxylic acid groups (broad SMARTS) is 1. The van der Waals surface area contributed by atoms with Crippen LogP contribution in [-0.4, -0.2) is 40.7 Å². The van der Waals surface area contributed by atoms with Gasteiger partial charge in [0.15, 0.2) is 0 Å². The number of nitrogens with zero attached hydrogens (tertiary/aromatic N) is 3. The molecule has 18 heavy (non-hydrogen) atoms. The Kier molecular flexibility index (Phi) is 4.88. The van der Waals surface area contributed by atoms with Gasteiger partial charge in [-0.25, -0.2) is 9.97 Å². The van der Waals surface area contributed by atoms with Crippen LogP contribution in [0.1, 0.15) is 26.1 Å². The molecular formula is C12H20N4O2. The Hall–Kier alpha value is -1.85. The van der Waals surface area contributed by atoms with Crippen LogP contribution in [0.5, 0.6) is 0 Å². The third-order valence-electron chi connectivity index (χ3n) is 2.61. The minimum absolute atomic E-state index is 0.0679. The van der Waals surface area contributed by atoms with Crippen LogP contribution < -0.4 is 10.2 Å². The Morgan fingerprint density at radius 2 is 2.17 bits per heavy atom. The lowest BCUT2D eigenvalue weighted by atomic mass is 10.3. The van der Waals surface area contributed by atoms with Gasteiger partial charge in [0.05, 0.1) is 6.42 Å². The number of rotatable bonds is 6. The van der Waals surface area contributed by atoms with Crippen molar-refractivity contribution < 1.29 is 9.90 Å². The molecular weight excluding hydrogens is 232 g/mol. The molecule has 6 nitrogen and oxygen atoms in total. The maximum atomic E-state index is 10.4. The van der Waals surface area contributed by atoms with Gasteiger partial charge < -0.3 is 15.3 Å². The van der Waals surface area contributed by atoms with Gasteiger partial charge in [0.2, 0.25) is 0 Å². The number of anilines is 2. The van der Waals surface area contributed by atoms with Gasteiger partial charge in [-0.1, -0.05) is 0 Å². The van der Waals surface area contributed by atoms with Gasteiger partial charge in [0, 0.05) is 25.7 Å². The van der Waals surface area contributed by atoms with E-state index in [-0.39, 0.29) is 6.42 Å². The van der Waals surface area contributed by atoms with Gasteiger partial charge in [-0.05, 0) is 20.8 Å². The maximum Gasteiger partial charge on any atom is 0.305 e. The SMILES string of the molecule is Cc1nc(NCCC(=O)O)cc(N(C)C(C)C)n1. The number of aromatic nitrogens is 2. The third kappa shape index (κ3) is 4.20. The third-order valence-corrected chi connectivity index (χ3v) is 2.61. The van der Waals surface area contributed by atoms with Crippen LogP contribution in [0, 0.1) is 6.92 Å². The van der Waals surface area contributed by atoms with Crippen molar-refractivity contribution in [1.82, 2.24) is 9.97 Å². The van der Waals surface area contributed by atoms with Crippen molar-refractivity contribution in [3.63, 3.8) is 0 Å². The number of aryl methyl sites for hydroxylation is 1. The molecule has 0 spiro atoms. The fourth-order valence-corrected chi connectivity index (χ4v) is 1.39. The van der Waals surface area contributed by atoms with Crippen molar-refractivity contribution in [1.29, 1.82) is 0 Å². The van der Waals surface area contributed by atoms with E-state index in [2.05, 4.69) is 29.1 Å². The van der Waals surface area contributed by atoms with Crippen molar-refractivity contribution in [2.24, 2.45) is 0 Å². The molecule has 0 unspecified atom stereocenters. The first-order valence-electron chi connectivity index (χ1n) is 5.94. The normalized spacial score (nSPS) is 10.5. The molecule has 0 aliphatic rings. The molecule has 0 saturated carbocycles. The van der Waals surface area contributed by atoms with Gasteiger partial charge in [-0.15, -0.1) is 0 Å². The largest absolute Gasteiger partial charge is 0.481 e. The van der Waals surface area contributed by atoms with Gasteiger partial charge in [0.25, 0.3) is 0 Å². The maximum absolute atomic E-state index is 10.4. The predicted octanol–water partition coefficient (Wildman–Crippen LogP) is 1.52. The van der Waals surface area contributed by atoms with Crippen LogP contribution in [0.4, 0.5) is 11.6 Å². The van der Waals surface area contributed by atoms with E-state index in [1.807, 2.05) is 24.9 Å². The number of aliphatic carboxylic acids is 1. The Morgan fingerprint density at radius 3 is 2.72 bits per heavy atom. The quantitative estimate of drug-likeness (QED) is 0.799. The summed E-state index contributed by atoms with van der Waals surface area (Å²) in [5.41, 5.74) is 0. The summed E-state index contributed by atoms with van der Waals surface area (Å²) in [6.07, 6.45) is 0.0679. The summed E-state index contributed by atoms with van der Waals surface area (Å²) >= 11 is 0. The molecule has 1 rings (SSSR count). The Labute approximate surface area is 107 Å². The second-order valence-corrected chi connectivity index (χ2v) is 4.43. The zero-order valence-electron chi connectivity index (χ0n) is 11.3. The van der Waals surface area contributed by atoms with Crippen LogP contribution in [0.25, 0.3) is 0 Å². The first kappa shape index (κ1) is 14.2. The lowest BCUT2D eigenvalue weighted by molar-refractivity contribution is -0.136. The smallest absolute Gasteiger partial charge is 0.305 e. The number of nitrogens with one attached hydrogen (secondary N) is 1. The summed E-state index contributed by atoms with van der Waals surface area (Å²) in [5, 5.41) is 11.6. The zero-order chi connectivity index (χ0) is 13.7. The van der Waals surface area contributed by atoms with Gasteiger partial charge >= 0.3 is 5.97 Å². The fraction of sp³-hybridized carbons (Fsp3) is 0.583. The first-order chi connectivity index (χ1) is 8.40. The number of hydrogen-bond acceptors (Lipinski definition) is 5. The highest BCUT2D eigenvalue weighted by Crippen LogP contribution is 2.16. The van der Waals surface area contributed by atoms with Crippen LogP contribution in [0.2, 0.25) is 0 Å². The van der Waals surface area contributed by atoms with Crippen molar-refractivity contribution in [3.8, 4) is 0 Å². The van der Waals surface area contributed by atoms with Crippen LogP contribution in [-0.2, 0) is 4.79 Å². The average molecular weight is 252 g/mol. The Bertz CT molecular complexity index is 421. The summed E-state index contributed by atoms with van der Waals surface area (Å²) in [5.74, 6) is 1.33. The molecule has 1 heterocycles. The number of carbonyl (C=O) groups is 1. The van der Waals surface area contributed by atoms with Crippen molar-refractivity contribution in [3.05, 3.63) is 11.9 Å². The molecule has 0 aliphatic carbocycles. The van der Waals surface area contributed by atoms with E-state index in [4.69, 9.17) is 5.11 Å². The summed E-state index contributed by atoms with van der Waals surface area (Å²) in [6, 6.07) is 2.17. The second kappa shape index (κ2) is 6.18. The summed E-state index contributed by atoms with van der Waals surface area (Å²) in [7, 11) is 1.97. The van der Waals surface area contributed by atoms with E-state index >= 15 is 0 Å². The summed E-state index contributed by atoms with van der Waals surface area (Å²) in [4.78, 5) is 21.1. The lowest BCUT2D eigenvalue weighted by Crippen LogP contribution is -2.27.